The number of aromatic hydroxyl groups is 1. The van der Waals surface area contributed by atoms with Gasteiger partial charge in [-0.3, -0.25) is 14.9 Å². The molecule has 0 aliphatic heterocycles. The number of benzene rings is 3. The molecule has 3 aromatic rings. The number of carbonyl (C=O) groups excluding carboxylic acids is 3. The third-order valence-electron chi connectivity index (χ3n) is 5.47. The lowest BCUT2D eigenvalue weighted by atomic mass is 10.0. The van der Waals surface area contributed by atoms with Crippen molar-refractivity contribution in [2.75, 3.05) is 13.2 Å². The van der Waals surface area contributed by atoms with Gasteiger partial charge in [-0.25, -0.2) is 4.79 Å². The second kappa shape index (κ2) is 13.1. The van der Waals surface area contributed by atoms with Gasteiger partial charge in [0.25, 0.3) is 0 Å². The fourth-order valence-corrected chi connectivity index (χ4v) is 4.25. The third kappa shape index (κ3) is 8.09. The highest BCUT2D eigenvalue weighted by Gasteiger charge is 2.15. The van der Waals surface area contributed by atoms with Crippen molar-refractivity contribution < 1.29 is 24.2 Å². The Morgan fingerprint density at radius 3 is 2.44 bits per heavy atom. The van der Waals surface area contributed by atoms with Crippen LogP contribution in [0.25, 0.3) is 10.8 Å². The lowest BCUT2D eigenvalue weighted by Crippen LogP contribution is -2.42. The summed E-state index contributed by atoms with van der Waals surface area (Å²) in [7, 11) is 0. The van der Waals surface area contributed by atoms with E-state index in [9.17, 15) is 19.5 Å². The van der Waals surface area contributed by atoms with E-state index in [2.05, 4.69) is 10.6 Å². The number of phenols is 1. The fourth-order valence-electron chi connectivity index (χ4n) is 3.67. The summed E-state index contributed by atoms with van der Waals surface area (Å²) in [6.07, 6.45) is 1.68. The first-order chi connectivity index (χ1) is 17.2. The monoisotopic (exact) mass is 604 g/mol. The van der Waals surface area contributed by atoms with Crippen LogP contribution in [0.3, 0.4) is 0 Å². The number of ether oxygens (including phenoxy) is 1. The number of urea groups is 1. The lowest BCUT2D eigenvalue weighted by molar-refractivity contribution is -0.122. The number of rotatable bonds is 11. The topological polar surface area (TPSA) is 157 Å². The molecule has 10 heteroatoms. The number of carbonyl (C=O) groups is 3. The summed E-state index contributed by atoms with van der Waals surface area (Å²) >= 11 is 2.03. The molecule has 0 bridgehead atoms. The molecule has 1 atom stereocenters. The Labute approximate surface area is 222 Å². The van der Waals surface area contributed by atoms with Crippen molar-refractivity contribution >= 4 is 51.2 Å². The van der Waals surface area contributed by atoms with Gasteiger partial charge in [0.2, 0.25) is 11.8 Å². The summed E-state index contributed by atoms with van der Waals surface area (Å²) in [6.45, 7) is 0.839. The number of nitrogens with two attached hydrogens (primary N) is 2. The quantitative estimate of drug-likeness (QED) is 0.167. The molecule has 0 aromatic heterocycles. The number of imide groups is 1. The van der Waals surface area contributed by atoms with Gasteiger partial charge in [-0.1, -0.05) is 30.3 Å². The molecule has 9 nitrogen and oxygen atoms in total. The Balaban J connectivity index is 1.47. The van der Waals surface area contributed by atoms with Gasteiger partial charge in [-0.15, -0.1) is 0 Å². The van der Waals surface area contributed by atoms with Crippen LogP contribution in [0.1, 0.15) is 24.0 Å². The molecular weight excluding hydrogens is 575 g/mol. The average molecular weight is 604 g/mol. The molecule has 0 spiro atoms. The Morgan fingerprint density at radius 1 is 1.03 bits per heavy atom. The highest BCUT2D eigenvalue weighted by atomic mass is 127. The van der Waals surface area contributed by atoms with E-state index >= 15 is 0 Å². The molecule has 0 saturated heterocycles. The predicted molar refractivity (Wildman–Crippen MR) is 146 cm³/mol. The third-order valence-corrected chi connectivity index (χ3v) is 6.34. The van der Waals surface area contributed by atoms with E-state index in [0.29, 0.717) is 47.3 Å². The van der Waals surface area contributed by atoms with E-state index in [0.717, 1.165) is 16.3 Å². The molecule has 0 unspecified atom stereocenters. The van der Waals surface area contributed by atoms with Crippen molar-refractivity contribution in [3.63, 3.8) is 0 Å². The highest BCUT2D eigenvalue weighted by Crippen LogP contribution is 2.27. The van der Waals surface area contributed by atoms with Crippen molar-refractivity contribution in [3.8, 4) is 11.5 Å². The molecule has 0 heterocycles. The number of amides is 4. The number of unbranched alkanes of at least 4 members (excludes halogenated alkanes) is 1. The van der Waals surface area contributed by atoms with Crippen LogP contribution in [0.4, 0.5) is 4.79 Å². The lowest BCUT2D eigenvalue weighted by Gasteiger charge is -2.14. The van der Waals surface area contributed by atoms with Crippen LogP contribution < -0.4 is 26.8 Å². The van der Waals surface area contributed by atoms with E-state index in [1.54, 1.807) is 18.2 Å². The smallest absolute Gasteiger partial charge is 0.318 e. The van der Waals surface area contributed by atoms with Crippen LogP contribution in [0, 0.1) is 3.57 Å². The Morgan fingerprint density at radius 2 is 1.75 bits per heavy atom. The van der Waals surface area contributed by atoms with Gasteiger partial charge < -0.3 is 26.6 Å². The van der Waals surface area contributed by atoms with Crippen molar-refractivity contribution in [2.45, 2.75) is 31.7 Å². The minimum atomic E-state index is -0.900. The van der Waals surface area contributed by atoms with E-state index < -0.39 is 18.0 Å². The summed E-state index contributed by atoms with van der Waals surface area (Å²) in [5.41, 5.74) is 12.6. The van der Waals surface area contributed by atoms with Gasteiger partial charge in [0.1, 0.15) is 11.5 Å². The Kier molecular flexibility index (Phi) is 9.88. The van der Waals surface area contributed by atoms with E-state index in [-0.39, 0.29) is 18.1 Å². The standard InChI is InChI=1S/C26H29IN4O5/c27-20-11-16(7-8-22(20)32)12-21(28)25(34)30-9-3-4-10-36-23-14-18-6-2-1-5-17(18)13-19(23)15-24(33)31-26(29)35/h1-2,5-8,11,13-14,21,32H,3-4,9-10,12,15,28H2,(H,30,34)(H3,29,31,33,35)/t21-/m0/s1. The molecule has 0 aliphatic rings. The number of nitrogens with one attached hydrogen (secondary N) is 2. The zero-order valence-electron chi connectivity index (χ0n) is 19.6. The number of hydrogen-bond donors (Lipinski definition) is 5. The van der Waals surface area contributed by atoms with Gasteiger partial charge in [0.05, 0.1) is 22.6 Å². The first-order valence-corrected chi connectivity index (χ1v) is 12.5. The Bertz CT molecular complexity index is 1250. The van der Waals surface area contributed by atoms with Crippen LogP contribution in [-0.2, 0) is 22.4 Å². The highest BCUT2D eigenvalue weighted by molar-refractivity contribution is 14.1. The summed E-state index contributed by atoms with van der Waals surface area (Å²) in [6, 6.07) is 15.0. The van der Waals surface area contributed by atoms with Gasteiger partial charge >= 0.3 is 6.03 Å². The van der Waals surface area contributed by atoms with Gasteiger partial charge in [0.15, 0.2) is 0 Å². The molecule has 4 amide bonds. The summed E-state index contributed by atoms with van der Waals surface area (Å²) in [5.74, 6) is 0.00668. The van der Waals surface area contributed by atoms with Gasteiger partial charge in [-0.05, 0) is 82.5 Å². The number of phenolic OH excluding ortho intramolecular Hbond substituents is 1. The predicted octanol–water partition coefficient (Wildman–Crippen LogP) is 2.73. The molecule has 0 saturated carbocycles. The van der Waals surface area contributed by atoms with Crippen molar-refractivity contribution in [3.05, 3.63) is 69.3 Å². The van der Waals surface area contributed by atoms with Crippen LogP contribution in [-0.4, -0.2) is 42.1 Å². The number of hydrogen-bond acceptors (Lipinski definition) is 6. The number of primary amides is 1. The summed E-state index contributed by atoms with van der Waals surface area (Å²) in [5, 5.41) is 16.4. The van der Waals surface area contributed by atoms with E-state index in [1.165, 1.54) is 0 Å². The van der Waals surface area contributed by atoms with Crippen LogP contribution in [0.2, 0.25) is 0 Å². The van der Waals surface area contributed by atoms with E-state index in [1.807, 2.05) is 59.0 Å². The number of fused-ring (bicyclic) bond motifs is 1. The van der Waals surface area contributed by atoms with Crippen molar-refractivity contribution in [1.29, 1.82) is 0 Å². The molecule has 0 aliphatic carbocycles. The normalized spacial score (nSPS) is 11.6. The second-order valence-electron chi connectivity index (χ2n) is 8.34. The maximum absolute atomic E-state index is 12.3. The van der Waals surface area contributed by atoms with Gasteiger partial charge in [-0.2, -0.15) is 0 Å². The molecule has 0 radical (unpaired) electrons. The van der Waals surface area contributed by atoms with Crippen molar-refractivity contribution in [1.82, 2.24) is 10.6 Å². The summed E-state index contributed by atoms with van der Waals surface area (Å²) in [4.78, 5) is 35.4. The van der Waals surface area contributed by atoms with Crippen molar-refractivity contribution in [2.24, 2.45) is 11.5 Å². The Hall–Kier alpha value is -3.38. The first kappa shape index (κ1) is 27.2. The maximum Gasteiger partial charge on any atom is 0.318 e. The SMILES string of the molecule is NC(=O)NC(=O)Cc1cc2ccccc2cc1OCCCCNC(=O)[C@@H](N)Cc1ccc(O)c(I)c1. The first-order valence-electron chi connectivity index (χ1n) is 11.5. The van der Waals surface area contributed by atoms with Crippen LogP contribution in [0.5, 0.6) is 11.5 Å². The molecule has 7 N–H and O–H groups in total. The molecule has 0 fully saturated rings. The van der Waals surface area contributed by atoms with Crippen LogP contribution in [0.15, 0.2) is 54.6 Å². The zero-order chi connectivity index (χ0) is 26.1. The second-order valence-corrected chi connectivity index (χ2v) is 9.50. The maximum atomic E-state index is 12.3. The number of halogens is 1. The largest absolute Gasteiger partial charge is 0.507 e. The average Bonchev–Trinajstić information content (AvgIpc) is 2.83. The summed E-state index contributed by atoms with van der Waals surface area (Å²) < 4.78 is 6.66. The molecule has 36 heavy (non-hydrogen) atoms. The van der Waals surface area contributed by atoms with Gasteiger partial charge in [0, 0.05) is 12.1 Å². The zero-order valence-corrected chi connectivity index (χ0v) is 21.8. The molecule has 190 valence electrons. The minimum Gasteiger partial charge on any atom is -0.507 e. The molecule has 3 rings (SSSR count). The van der Waals surface area contributed by atoms with E-state index in [4.69, 9.17) is 16.2 Å². The fraction of sp³-hybridized carbons (Fsp3) is 0.269. The molecule has 3 aromatic carbocycles. The minimum absolute atomic E-state index is 0.0445. The van der Waals surface area contributed by atoms with Crippen LogP contribution >= 0.6 is 22.6 Å². The molecular formula is C26H29IN4O5.